The summed E-state index contributed by atoms with van der Waals surface area (Å²) in [5.41, 5.74) is 3.94. The summed E-state index contributed by atoms with van der Waals surface area (Å²) >= 11 is 0. The van der Waals surface area contributed by atoms with E-state index in [2.05, 4.69) is 15.5 Å². The number of rotatable bonds is 2. The number of allylic oxidation sites excluding steroid dienone is 1. The summed E-state index contributed by atoms with van der Waals surface area (Å²) in [6.07, 6.45) is 4.81. The van der Waals surface area contributed by atoms with Gasteiger partial charge in [-0.25, -0.2) is 0 Å². The molecule has 98 valence electrons. The van der Waals surface area contributed by atoms with E-state index in [0.717, 1.165) is 36.0 Å². The first-order valence-electron chi connectivity index (χ1n) is 6.46. The van der Waals surface area contributed by atoms with E-state index < -0.39 is 0 Å². The largest absolute Gasteiger partial charge is 0.290 e. The molecule has 0 saturated carbocycles. The minimum atomic E-state index is -0.0510. The van der Waals surface area contributed by atoms with Crippen molar-refractivity contribution in [2.24, 2.45) is 0 Å². The Bertz CT molecular complexity index is 684. The van der Waals surface area contributed by atoms with Crippen molar-refractivity contribution >= 4 is 17.5 Å². The van der Waals surface area contributed by atoms with Crippen LogP contribution in [0.5, 0.6) is 0 Å². The molecule has 0 atom stereocenters. The maximum atomic E-state index is 12.2. The van der Waals surface area contributed by atoms with Gasteiger partial charge in [0, 0.05) is 11.8 Å². The van der Waals surface area contributed by atoms with E-state index in [1.807, 2.05) is 32.2 Å². The van der Waals surface area contributed by atoms with Crippen molar-refractivity contribution in [2.75, 3.05) is 5.32 Å². The van der Waals surface area contributed by atoms with E-state index in [-0.39, 0.29) is 5.91 Å². The monoisotopic (exact) mass is 256 g/mol. The Morgan fingerprint density at radius 3 is 2.89 bits per heavy atom. The summed E-state index contributed by atoms with van der Waals surface area (Å²) in [7, 11) is 0. The fraction of sp³-hybridized carbons (Fsp3) is 0.357. The van der Waals surface area contributed by atoms with Gasteiger partial charge >= 0.3 is 0 Å². The summed E-state index contributed by atoms with van der Waals surface area (Å²) in [6.45, 7) is 4.02. The first-order chi connectivity index (χ1) is 9.15. The Labute approximate surface area is 111 Å². The van der Waals surface area contributed by atoms with Crippen LogP contribution in [0, 0.1) is 6.92 Å². The third-order valence-electron chi connectivity index (χ3n) is 3.56. The Kier molecular flexibility index (Phi) is 2.81. The fourth-order valence-electron chi connectivity index (χ4n) is 2.46. The van der Waals surface area contributed by atoms with Crippen molar-refractivity contribution in [1.29, 1.82) is 0 Å². The number of carbonyl (C=O) groups excluding carboxylic acids is 1. The number of carbonyl (C=O) groups is 1. The molecule has 0 saturated heterocycles. The molecule has 1 N–H and O–H groups in total. The number of pyridine rings is 1. The normalized spacial score (nSPS) is 15.3. The molecule has 1 aliphatic rings. The third-order valence-corrected chi connectivity index (χ3v) is 3.56. The van der Waals surface area contributed by atoms with Crippen LogP contribution < -0.4 is 5.32 Å². The van der Waals surface area contributed by atoms with Gasteiger partial charge in [0.2, 0.25) is 5.95 Å². The Morgan fingerprint density at radius 1 is 1.32 bits per heavy atom. The van der Waals surface area contributed by atoms with Gasteiger partial charge < -0.3 is 0 Å². The predicted molar refractivity (Wildman–Crippen MR) is 72.9 cm³/mol. The first kappa shape index (κ1) is 11.9. The molecule has 0 spiro atoms. The van der Waals surface area contributed by atoms with Gasteiger partial charge in [0.05, 0.1) is 0 Å². The van der Waals surface area contributed by atoms with E-state index in [4.69, 9.17) is 0 Å². The van der Waals surface area contributed by atoms with E-state index in [0.29, 0.717) is 5.95 Å². The molecule has 5 nitrogen and oxygen atoms in total. The highest BCUT2D eigenvalue weighted by atomic mass is 16.1. The third kappa shape index (κ3) is 2.12. The average Bonchev–Trinajstić information content (AvgIpc) is 2.96. The van der Waals surface area contributed by atoms with E-state index in [1.54, 1.807) is 4.40 Å². The van der Waals surface area contributed by atoms with Gasteiger partial charge in [-0.05, 0) is 50.8 Å². The lowest BCUT2D eigenvalue weighted by Crippen LogP contribution is -2.16. The van der Waals surface area contributed by atoms with Gasteiger partial charge in [0.25, 0.3) is 5.91 Å². The molecular formula is C14H16N4O. The summed E-state index contributed by atoms with van der Waals surface area (Å²) in [6, 6.07) is 3.90. The van der Waals surface area contributed by atoms with E-state index in [9.17, 15) is 4.79 Å². The number of hydrogen-bond acceptors (Lipinski definition) is 3. The molecule has 5 heteroatoms. The zero-order valence-corrected chi connectivity index (χ0v) is 11.1. The second kappa shape index (κ2) is 4.50. The highest BCUT2D eigenvalue weighted by molar-refractivity contribution is 6.03. The van der Waals surface area contributed by atoms with Crippen LogP contribution in [-0.2, 0) is 4.79 Å². The number of aromatic nitrogens is 3. The molecule has 19 heavy (non-hydrogen) atoms. The van der Waals surface area contributed by atoms with Crippen LogP contribution in [0.3, 0.4) is 0 Å². The standard InChI is InChI=1S/C14H16N4O/c1-9-6-7-18-12(8-9)16-17-14(18)15-13(19)11-5-3-4-10(11)2/h6-8H,3-5H2,1-2H3,(H,15,17,19). The smallest absolute Gasteiger partial charge is 0.253 e. The molecule has 1 aliphatic carbocycles. The molecule has 0 aliphatic heterocycles. The molecule has 1 amide bonds. The molecule has 2 aromatic heterocycles. The first-order valence-corrected chi connectivity index (χ1v) is 6.46. The van der Waals surface area contributed by atoms with Crippen molar-refractivity contribution in [3.8, 4) is 0 Å². The van der Waals surface area contributed by atoms with Gasteiger partial charge in [-0.2, -0.15) is 0 Å². The minimum absolute atomic E-state index is 0.0510. The Hall–Kier alpha value is -2.17. The molecule has 0 aromatic carbocycles. The van der Waals surface area contributed by atoms with Crippen LogP contribution in [0.25, 0.3) is 5.65 Å². The molecule has 2 aromatic rings. The van der Waals surface area contributed by atoms with Gasteiger partial charge in [-0.3, -0.25) is 14.5 Å². The van der Waals surface area contributed by atoms with Crippen LogP contribution in [0.4, 0.5) is 5.95 Å². The Balaban J connectivity index is 1.90. The predicted octanol–water partition coefficient (Wildman–Crippen LogP) is 2.48. The molecule has 3 rings (SSSR count). The lowest BCUT2D eigenvalue weighted by atomic mass is 10.1. The Morgan fingerprint density at radius 2 is 2.16 bits per heavy atom. The zero-order chi connectivity index (χ0) is 13.4. The van der Waals surface area contributed by atoms with Crippen molar-refractivity contribution in [3.05, 3.63) is 35.0 Å². The SMILES string of the molecule is CC1=C(C(=O)Nc2nnc3cc(C)ccn23)CCC1. The summed E-state index contributed by atoms with van der Waals surface area (Å²) in [5, 5.41) is 10.9. The number of fused-ring (bicyclic) bond motifs is 1. The zero-order valence-electron chi connectivity index (χ0n) is 11.1. The van der Waals surface area contributed by atoms with E-state index in [1.165, 1.54) is 5.57 Å². The van der Waals surface area contributed by atoms with Crippen molar-refractivity contribution in [1.82, 2.24) is 14.6 Å². The maximum absolute atomic E-state index is 12.2. The highest BCUT2D eigenvalue weighted by Gasteiger charge is 2.19. The van der Waals surface area contributed by atoms with Crippen molar-refractivity contribution in [2.45, 2.75) is 33.1 Å². The minimum Gasteiger partial charge on any atom is -0.290 e. The highest BCUT2D eigenvalue weighted by Crippen LogP contribution is 2.26. The number of hydrogen-bond donors (Lipinski definition) is 1. The van der Waals surface area contributed by atoms with Crippen molar-refractivity contribution in [3.63, 3.8) is 0 Å². The lowest BCUT2D eigenvalue weighted by Gasteiger charge is -2.05. The second-order valence-corrected chi connectivity index (χ2v) is 5.02. The molecular weight excluding hydrogens is 240 g/mol. The average molecular weight is 256 g/mol. The van der Waals surface area contributed by atoms with Gasteiger partial charge in [0.1, 0.15) is 0 Å². The number of anilines is 1. The molecule has 0 fully saturated rings. The van der Waals surface area contributed by atoms with Crippen molar-refractivity contribution < 1.29 is 4.79 Å². The fourth-order valence-corrected chi connectivity index (χ4v) is 2.46. The topological polar surface area (TPSA) is 59.3 Å². The van der Waals surface area contributed by atoms with Crippen LogP contribution >= 0.6 is 0 Å². The maximum Gasteiger partial charge on any atom is 0.253 e. The van der Waals surface area contributed by atoms with Crippen LogP contribution in [0.15, 0.2) is 29.5 Å². The molecule has 2 heterocycles. The van der Waals surface area contributed by atoms with Crippen LogP contribution in [-0.4, -0.2) is 20.5 Å². The molecule has 0 unspecified atom stereocenters. The number of aryl methyl sites for hydroxylation is 1. The number of nitrogens with one attached hydrogen (secondary N) is 1. The van der Waals surface area contributed by atoms with Gasteiger partial charge in [-0.15, -0.1) is 10.2 Å². The second-order valence-electron chi connectivity index (χ2n) is 5.02. The number of amides is 1. The summed E-state index contributed by atoms with van der Waals surface area (Å²) in [5.74, 6) is 0.428. The van der Waals surface area contributed by atoms with Gasteiger partial charge in [-0.1, -0.05) is 5.57 Å². The van der Waals surface area contributed by atoms with E-state index >= 15 is 0 Å². The lowest BCUT2D eigenvalue weighted by molar-refractivity contribution is -0.113. The quantitative estimate of drug-likeness (QED) is 0.898. The summed E-state index contributed by atoms with van der Waals surface area (Å²) < 4.78 is 1.79. The summed E-state index contributed by atoms with van der Waals surface area (Å²) in [4.78, 5) is 12.2. The van der Waals surface area contributed by atoms with Gasteiger partial charge in [0.15, 0.2) is 5.65 Å². The molecule has 0 bridgehead atoms. The van der Waals surface area contributed by atoms with Crippen LogP contribution in [0.1, 0.15) is 31.7 Å². The number of nitrogens with zero attached hydrogens (tertiary/aromatic N) is 3. The van der Waals surface area contributed by atoms with Crippen LogP contribution in [0.2, 0.25) is 0 Å². The molecule has 0 radical (unpaired) electrons.